The topological polar surface area (TPSA) is 75.3 Å². The van der Waals surface area contributed by atoms with Crippen LogP contribution >= 0.6 is 23.2 Å². The maximum Gasteiger partial charge on any atom is 0.255 e. The van der Waals surface area contributed by atoms with Gasteiger partial charge in [-0.2, -0.15) is 0 Å². The SMILES string of the molecule is C=CCNS(=O)(=O)c1cc(C(=O)Nc2cc(Cl)cc(Cl)c2)ccc1F. The molecule has 0 aromatic heterocycles. The van der Waals surface area contributed by atoms with Gasteiger partial charge in [0.05, 0.1) is 0 Å². The Morgan fingerprint density at radius 3 is 2.40 bits per heavy atom. The summed E-state index contributed by atoms with van der Waals surface area (Å²) >= 11 is 11.7. The standard InChI is InChI=1S/C16H13Cl2FN2O3S/c1-2-5-20-25(23,24)15-6-10(3-4-14(15)19)16(22)21-13-8-11(17)7-12(18)9-13/h2-4,6-9,20H,1,5H2,(H,21,22). The van der Waals surface area contributed by atoms with Gasteiger partial charge in [-0.3, -0.25) is 4.79 Å². The van der Waals surface area contributed by atoms with Gasteiger partial charge in [0.25, 0.3) is 5.91 Å². The molecule has 0 aliphatic rings. The van der Waals surface area contributed by atoms with E-state index in [4.69, 9.17) is 23.2 Å². The number of carbonyl (C=O) groups is 1. The van der Waals surface area contributed by atoms with Gasteiger partial charge in [0.1, 0.15) is 10.7 Å². The van der Waals surface area contributed by atoms with Crippen LogP contribution in [0.25, 0.3) is 0 Å². The Balaban J connectivity index is 2.32. The highest BCUT2D eigenvalue weighted by molar-refractivity contribution is 7.89. The molecule has 0 aliphatic carbocycles. The first-order valence-electron chi connectivity index (χ1n) is 6.90. The van der Waals surface area contributed by atoms with Crippen LogP contribution in [0.1, 0.15) is 10.4 Å². The molecular weight excluding hydrogens is 390 g/mol. The van der Waals surface area contributed by atoms with Gasteiger partial charge in [0.15, 0.2) is 0 Å². The molecule has 2 aromatic carbocycles. The molecule has 132 valence electrons. The predicted octanol–water partition coefficient (Wildman–Crippen LogP) is 3.85. The molecule has 0 heterocycles. The Hall–Kier alpha value is -1.93. The van der Waals surface area contributed by atoms with Crippen LogP contribution in [-0.2, 0) is 10.0 Å². The highest BCUT2D eigenvalue weighted by Gasteiger charge is 2.20. The van der Waals surface area contributed by atoms with Gasteiger partial charge in [-0.1, -0.05) is 29.3 Å². The van der Waals surface area contributed by atoms with E-state index in [1.165, 1.54) is 30.3 Å². The summed E-state index contributed by atoms with van der Waals surface area (Å²) in [7, 11) is -4.11. The number of hydrogen-bond donors (Lipinski definition) is 2. The van der Waals surface area contributed by atoms with Gasteiger partial charge in [0.2, 0.25) is 10.0 Å². The van der Waals surface area contributed by atoms with E-state index in [2.05, 4.69) is 16.6 Å². The normalized spacial score (nSPS) is 11.2. The van der Waals surface area contributed by atoms with Crippen molar-refractivity contribution in [3.8, 4) is 0 Å². The van der Waals surface area contributed by atoms with Crippen molar-refractivity contribution in [3.05, 3.63) is 70.5 Å². The second-order valence-electron chi connectivity index (χ2n) is 4.90. The van der Waals surface area contributed by atoms with E-state index in [0.29, 0.717) is 15.7 Å². The zero-order chi connectivity index (χ0) is 18.6. The van der Waals surface area contributed by atoms with Crippen molar-refractivity contribution in [1.29, 1.82) is 0 Å². The Labute approximate surface area is 154 Å². The fourth-order valence-corrected chi connectivity index (χ4v) is 3.55. The minimum atomic E-state index is -4.11. The van der Waals surface area contributed by atoms with E-state index < -0.39 is 26.6 Å². The minimum Gasteiger partial charge on any atom is -0.322 e. The second kappa shape index (κ2) is 7.97. The lowest BCUT2D eigenvalue weighted by atomic mass is 10.2. The lowest BCUT2D eigenvalue weighted by Crippen LogP contribution is -2.25. The Morgan fingerprint density at radius 1 is 1.16 bits per heavy atom. The van der Waals surface area contributed by atoms with E-state index in [1.54, 1.807) is 0 Å². The third kappa shape index (κ3) is 5.02. The van der Waals surface area contributed by atoms with E-state index in [-0.39, 0.29) is 12.1 Å². The zero-order valence-corrected chi connectivity index (χ0v) is 15.1. The number of nitrogens with one attached hydrogen (secondary N) is 2. The molecule has 0 unspecified atom stereocenters. The first-order chi connectivity index (χ1) is 11.7. The quantitative estimate of drug-likeness (QED) is 0.720. The van der Waals surface area contributed by atoms with Gasteiger partial charge < -0.3 is 5.32 Å². The molecule has 0 saturated heterocycles. The summed E-state index contributed by atoms with van der Waals surface area (Å²) in [6.07, 6.45) is 1.31. The van der Waals surface area contributed by atoms with Crippen LogP contribution in [0.2, 0.25) is 10.0 Å². The average molecular weight is 403 g/mol. The fourth-order valence-electron chi connectivity index (χ4n) is 1.93. The number of benzene rings is 2. The van der Waals surface area contributed by atoms with Crippen LogP contribution in [0.15, 0.2) is 53.9 Å². The van der Waals surface area contributed by atoms with Crippen molar-refractivity contribution in [2.45, 2.75) is 4.90 Å². The van der Waals surface area contributed by atoms with Crippen LogP contribution in [0.4, 0.5) is 10.1 Å². The molecule has 0 spiro atoms. The smallest absolute Gasteiger partial charge is 0.255 e. The van der Waals surface area contributed by atoms with Crippen LogP contribution in [0, 0.1) is 5.82 Å². The van der Waals surface area contributed by atoms with Crippen LogP contribution in [-0.4, -0.2) is 20.9 Å². The zero-order valence-electron chi connectivity index (χ0n) is 12.7. The first-order valence-corrected chi connectivity index (χ1v) is 9.14. The molecule has 0 bridgehead atoms. The maximum atomic E-state index is 13.9. The lowest BCUT2D eigenvalue weighted by molar-refractivity contribution is 0.102. The molecule has 25 heavy (non-hydrogen) atoms. The molecule has 2 N–H and O–H groups in total. The van der Waals surface area contributed by atoms with Gasteiger partial charge in [0, 0.05) is 27.8 Å². The third-order valence-corrected chi connectivity index (χ3v) is 4.90. The number of sulfonamides is 1. The molecule has 0 saturated carbocycles. The van der Waals surface area contributed by atoms with Crippen molar-refractivity contribution < 1.29 is 17.6 Å². The number of amides is 1. The van der Waals surface area contributed by atoms with E-state index >= 15 is 0 Å². The van der Waals surface area contributed by atoms with Gasteiger partial charge in [-0.05, 0) is 36.4 Å². The maximum absolute atomic E-state index is 13.9. The molecule has 0 radical (unpaired) electrons. The summed E-state index contributed by atoms with van der Waals surface area (Å²) in [5, 5.41) is 3.16. The number of hydrogen-bond acceptors (Lipinski definition) is 3. The Kier molecular flexibility index (Phi) is 6.18. The number of rotatable bonds is 6. The third-order valence-electron chi connectivity index (χ3n) is 3.02. The molecule has 5 nitrogen and oxygen atoms in total. The van der Waals surface area contributed by atoms with Crippen LogP contribution < -0.4 is 10.0 Å². The fraction of sp³-hybridized carbons (Fsp3) is 0.0625. The summed E-state index contributed by atoms with van der Waals surface area (Å²) in [6.45, 7) is 3.31. The molecule has 0 atom stereocenters. The van der Waals surface area contributed by atoms with Crippen molar-refractivity contribution in [2.75, 3.05) is 11.9 Å². The number of halogens is 3. The van der Waals surface area contributed by atoms with Crippen LogP contribution in [0.3, 0.4) is 0 Å². The molecule has 0 fully saturated rings. The van der Waals surface area contributed by atoms with Crippen molar-refractivity contribution in [2.24, 2.45) is 0 Å². The largest absolute Gasteiger partial charge is 0.322 e. The minimum absolute atomic E-state index is 0.0449. The van der Waals surface area contributed by atoms with Gasteiger partial charge in [-0.25, -0.2) is 17.5 Å². The van der Waals surface area contributed by atoms with Crippen LogP contribution in [0.5, 0.6) is 0 Å². The molecule has 1 amide bonds. The molecule has 9 heteroatoms. The molecule has 2 aromatic rings. The van der Waals surface area contributed by atoms with E-state index in [1.807, 2.05) is 0 Å². The monoisotopic (exact) mass is 402 g/mol. The average Bonchev–Trinajstić information content (AvgIpc) is 2.52. The summed E-state index contributed by atoms with van der Waals surface area (Å²) in [5.41, 5.74) is 0.275. The molecule has 2 rings (SSSR count). The van der Waals surface area contributed by atoms with E-state index in [0.717, 1.165) is 12.1 Å². The number of carbonyl (C=O) groups excluding carboxylic acids is 1. The highest BCUT2D eigenvalue weighted by Crippen LogP contribution is 2.23. The van der Waals surface area contributed by atoms with Gasteiger partial charge >= 0.3 is 0 Å². The first kappa shape index (κ1) is 19.4. The van der Waals surface area contributed by atoms with Crippen molar-refractivity contribution in [1.82, 2.24) is 4.72 Å². The lowest BCUT2D eigenvalue weighted by Gasteiger charge is -2.10. The summed E-state index contributed by atoms with van der Waals surface area (Å²) in [6, 6.07) is 7.46. The Bertz CT molecular complexity index is 913. The van der Waals surface area contributed by atoms with Gasteiger partial charge in [-0.15, -0.1) is 6.58 Å². The van der Waals surface area contributed by atoms with Crippen molar-refractivity contribution in [3.63, 3.8) is 0 Å². The number of anilines is 1. The highest BCUT2D eigenvalue weighted by atomic mass is 35.5. The summed E-state index contributed by atoms with van der Waals surface area (Å²) < 4.78 is 40.2. The second-order valence-corrected chi connectivity index (χ2v) is 7.51. The molecule has 0 aliphatic heterocycles. The Morgan fingerprint density at radius 2 is 1.80 bits per heavy atom. The van der Waals surface area contributed by atoms with E-state index in [9.17, 15) is 17.6 Å². The molecular formula is C16H13Cl2FN2O3S. The summed E-state index contributed by atoms with van der Waals surface area (Å²) in [4.78, 5) is 11.7. The summed E-state index contributed by atoms with van der Waals surface area (Å²) in [5.74, 6) is -1.61. The van der Waals surface area contributed by atoms with Crippen molar-refractivity contribution >= 4 is 44.8 Å². The predicted molar refractivity (Wildman–Crippen MR) is 96.2 cm³/mol.